The summed E-state index contributed by atoms with van der Waals surface area (Å²) in [5.74, 6) is 0.686. The SMILES string of the molecule is COc1ccc([C@@H]2Cc3cccc(O)c3C(=O)O2)cc1OC(C)C. The van der Waals surface area contributed by atoms with Gasteiger partial charge in [0, 0.05) is 6.42 Å². The topological polar surface area (TPSA) is 65.0 Å². The molecule has 2 aromatic rings. The molecule has 0 aliphatic carbocycles. The molecule has 0 unspecified atom stereocenters. The van der Waals surface area contributed by atoms with Gasteiger partial charge in [-0.1, -0.05) is 18.2 Å². The van der Waals surface area contributed by atoms with Crippen LogP contribution in [-0.4, -0.2) is 24.3 Å². The lowest BCUT2D eigenvalue weighted by molar-refractivity contribution is 0.0247. The number of rotatable bonds is 4. The number of carbonyl (C=O) groups is 1. The van der Waals surface area contributed by atoms with Crippen LogP contribution in [0.5, 0.6) is 17.2 Å². The van der Waals surface area contributed by atoms with Crippen LogP contribution in [0.2, 0.25) is 0 Å². The zero-order valence-electron chi connectivity index (χ0n) is 13.9. The van der Waals surface area contributed by atoms with E-state index in [9.17, 15) is 9.90 Å². The highest BCUT2D eigenvalue weighted by Crippen LogP contribution is 2.37. The van der Waals surface area contributed by atoms with E-state index in [-0.39, 0.29) is 17.4 Å². The van der Waals surface area contributed by atoms with Crippen LogP contribution in [0.1, 0.15) is 41.4 Å². The number of hydrogen-bond acceptors (Lipinski definition) is 5. The van der Waals surface area contributed by atoms with Crippen molar-refractivity contribution in [2.24, 2.45) is 0 Å². The van der Waals surface area contributed by atoms with Crippen LogP contribution in [0.4, 0.5) is 0 Å². The molecule has 1 atom stereocenters. The molecule has 0 radical (unpaired) electrons. The average Bonchev–Trinajstić information content (AvgIpc) is 2.54. The Morgan fingerprint density at radius 1 is 1.21 bits per heavy atom. The van der Waals surface area contributed by atoms with Gasteiger partial charge in [-0.15, -0.1) is 0 Å². The standard InChI is InChI=1S/C19H20O5/c1-11(2)23-17-9-12(7-8-15(17)22-3)16-10-13-5-4-6-14(20)18(13)19(21)24-16/h4-9,11,16,20H,10H2,1-3H3/t16-/m0/s1. The van der Waals surface area contributed by atoms with E-state index >= 15 is 0 Å². The van der Waals surface area contributed by atoms with E-state index in [1.54, 1.807) is 19.2 Å². The summed E-state index contributed by atoms with van der Waals surface area (Å²) < 4.78 is 16.6. The van der Waals surface area contributed by atoms with Gasteiger partial charge in [-0.3, -0.25) is 0 Å². The Hall–Kier alpha value is -2.69. The molecule has 0 spiro atoms. The zero-order valence-corrected chi connectivity index (χ0v) is 13.9. The fraction of sp³-hybridized carbons (Fsp3) is 0.316. The van der Waals surface area contributed by atoms with Gasteiger partial charge >= 0.3 is 5.97 Å². The number of ether oxygens (including phenoxy) is 3. The predicted octanol–water partition coefficient (Wildman–Crippen LogP) is 3.64. The van der Waals surface area contributed by atoms with Crippen LogP contribution >= 0.6 is 0 Å². The van der Waals surface area contributed by atoms with Crippen molar-refractivity contribution in [2.75, 3.05) is 7.11 Å². The Labute approximate surface area is 140 Å². The monoisotopic (exact) mass is 328 g/mol. The van der Waals surface area contributed by atoms with Crippen LogP contribution in [0, 0.1) is 0 Å². The maximum atomic E-state index is 12.2. The van der Waals surface area contributed by atoms with Crippen LogP contribution < -0.4 is 9.47 Å². The molecule has 0 bridgehead atoms. The smallest absolute Gasteiger partial charge is 0.342 e. The summed E-state index contributed by atoms with van der Waals surface area (Å²) in [5.41, 5.74) is 1.85. The number of cyclic esters (lactones) is 1. The third-order valence-corrected chi connectivity index (χ3v) is 3.91. The minimum atomic E-state index is -0.513. The zero-order chi connectivity index (χ0) is 17.3. The molecule has 0 saturated carbocycles. The molecule has 0 fully saturated rings. The van der Waals surface area contributed by atoms with Crippen molar-refractivity contribution >= 4 is 5.97 Å². The number of benzene rings is 2. The maximum Gasteiger partial charge on any atom is 0.342 e. The summed E-state index contributed by atoms with van der Waals surface area (Å²) in [6.07, 6.45) is 0.0797. The van der Waals surface area contributed by atoms with Gasteiger partial charge in [0.15, 0.2) is 11.5 Å². The van der Waals surface area contributed by atoms with Gasteiger partial charge < -0.3 is 19.3 Å². The quantitative estimate of drug-likeness (QED) is 0.868. The van der Waals surface area contributed by atoms with Crippen molar-refractivity contribution in [3.63, 3.8) is 0 Å². The summed E-state index contributed by atoms with van der Waals surface area (Å²) in [7, 11) is 1.59. The van der Waals surface area contributed by atoms with Gasteiger partial charge in [0.2, 0.25) is 0 Å². The first-order chi connectivity index (χ1) is 11.5. The van der Waals surface area contributed by atoms with Crippen molar-refractivity contribution in [1.29, 1.82) is 0 Å². The van der Waals surface area contributed by atoms with Crippen molar-refractivity contribution in [2.45, 2.75) is 32.5 Å². The number of aromatic hydroxyl groups is 1. The molecule has 24 heavy (non-hydrogen) atoms. The van der Waals surface area contributed by atoms with Crippen molar-refractivity contribution in [1.82, 2.24) is 0 Å². The lowest BCUT2D eigenvalue weighted by atomic mass is 9.94. The lowest BCUT2D eigenvalue weighted by Crippen LogP contribution is -2.22. The summed E-state index contributed by atoms with van der Waals surface area (Å²) in [4.78, 5) is 12.2. The molecule has 5 nitrogen and oxygen atoms in total. The minimum Gasteiger partial charge on any atom is -0.507 e. The van der Waals surface area contributed by atoms with E-state index in [2.05, 4.69) is 0 Å². The summed E-state index contributed by atoms with van der Waals surface area (Å²) in [5, 5.41) is 9.86. The van der Waals surface area contributed by atoms with Gasteiger partial charge in [0.25, 0.3) is 0 Å². The highest BCUT2D eigenvalue weighted by Gasteiger charge is 2.30. The molecule has 0 saturated heterocycles. The van der Waals surface area contributed by atoms with Crippen molar-refractivity contribution < 1.29 is 24.1 Å². The normalized spacial score (nSPS) is 16.5. The molecule has 1 aliphatic heterocycles. The highest BCUT2D eigenvalue weighted by molar-refractivity contribution is 5.95. The number of fused-ring (bicyclic) bond motifs is 1. The van der Waals surface area contributed by atoms with Gasteiger partial charge in [-0.25, -0.2) is 4.79 Å². The number of phenols is 1. The van der Waals surface area contributed by atoms with Crippen molar-refractivity contribution in [3.8, 4) is 17.2 Å². The first-order valence-electron chi connectivity index (χ1n) is 7.86. The minimum absolute atomic E-state index is 0.000675. The van der Waals surface area contributed by atoms with E-state index in [4.69, 9.17) is 14.2 Å². The molecule has 2 aromatic carbocycles. The third-order valence-electron chi connectivity index (χ3n) is 3.91. The van der Waals surface area contributed by atoms with Crippen LogP contribution in [0.25, 0.3) is 0 Å². The second-order valence-electron chi connectivity index (χ2n) is 5.99. The summed E-state index contributed by atoms with van der Waals surface area (Å²) >= 11 is 0. The Kier molecular flexibility index (Phi) is 4.34. The van der Waals surface area contributed by atoms with Crippen molar-refractivity contribution in [3.05, 3.63) is 53.1 Å². The fourth-order valence-electron chi connectivity index (χ4n) is 2.85. The first kappa shape index (κ1) is 16.2. The predicted molar refractivity (Wildman–Crippen MR) is 88.7 cm³/mol. The van der Waals surface area contributed by atoms with E-state index in [0.717, 1.165) is 11.1 Å². The fourth-order valence-corrected chi connectivity index (χ4v) is 2.85. The molecule has 0 aromatic heterocycles. The van der Waals surface area contributed by atoms with Crippen LogP contribution in [0.3, 0.4) is 0 Å². The molecule has 1 aliphatic rings. The second kappa shape index (κ2) is 6.43. The Morgan fingerprint density at radius 3 is 2.71 bits per heavy atom. The van der Waals surface area contributed by atoms with E-state index in [0.29, 0.717) is 17.9 Å². The molecule has 0 amide bonds. The van der Waals surface area contributed by atoms with E-state index in [1.807, 2.05) is 32.0 Å². The van der Waals surface area contributed by atoms with E-state index < -0.39 is 12.1 Å². The number of carbonyl (C=O) groups excluding carboxylic acids is 1. The van der Waals surface area contributed by atoms with Gasteiger partial charge in [-0.05, 0) is 43.2 Å². The molecule has 3 rings (SSSR count). The molecule has 126 valence electrons. The average molecular weight is 328 g/mol. The maximum absolute atomic E-state index is 12.2. The Bertz CT molecular complexity index is 766. The molecule has 5 heteroatoms. The van der Waals surface area contributed by atoms with Crippen LogP contribution in [0.15, 0.2) is 36.4 Å². The second-order valence-corrected chi connectivity index (χ2v) is 5.99. The molecular weight excluding hydrogens is 308 g/mol. The number of hydrogen-bond donors (Lipinski definition) is 1. The van der Waals surface area contributed by atoms with E-state index in [1.165, 1.54) is 6.07 Å². The Balaban J connectivity index is 1.94. The summed E-state index contributed by atoms with van der Waals surface area (Å²) in [6, 6.07) is 10.5. The van der Waals surface area contributed by atoms with Gasteiger partial charge in [0.1, 0.15) is 17.4 Å². The highest BCUT2D eigenvalue weighted by atomic mass is 16.5. The molecular formula is C19H20O5. The third kappa shape index (κ3) is 3.02. The largest absolute Gasteiger partial charge is 0.507 e. The summed E-state index contributed by atoms with van der Waals surface area (Å²) in [6.45, 7) is 3.87. The first-order valence-corrected chi connectivity index (χ1v) is 7.86. The number of phenolic OH excluding ortho intramolecular Hbond substituents is 1. The Morgan fingerprint density at radius 2 is 2.00 bits per heavy atom. The molecule has 1 heterocycles. The van der Waals surface area contributed by atoms with Gasteiger partial charge in [-0.2, -0.15) is 0 Å². The van der Waals surface area contributed by atoms with Crippen LogP contribution in [-0.2, 0) is 11.2 Å². The van der Waals surface area contributed by atoms with Gasteiger partial charge in [0.05, 0.1) is 13.2 Å². The number of methoxy groups -OCH3 is 1. The lowest BCUT2D eigenvalue weighted by Gasteiger charge is -2.26. The number of esters is 1. The molecule has 1 N–H and O–H groups in total.